The van der Waals surface area contributed by atoms with Crippen LogP contribution in [0, 0.1) is 45.3 Å². The summed E-state index contributed by atoms with van der Waals surface area (Å²) in [5.74, 6) is 0.396. The van der Waals surface area contributed by atoms with Crippen LogP contribution in [-0.2, 0) is 0 Å². The number of hydrogen-bond donors (Lipinski definition) is 1. The Morgan fingerprint density at radius 3 is 2.44 bits per heavy atom. The van der Waals surface area contributed by atoms with Crippen molar-refractivity contribution in [1.82, 2.24) is 4.90 Å². The molecule has 0 saturated heterocycles. The lowest BCUT2D eigenvalue weighted by molar-refractivity contribution is 0.204. The highest BCUT2D eigenvalue weighted by atomic mass is 16.5. The molecule has 0 aromatic heterocycles. The van der Waals surface area contributed by atoms with E-state index >= 15 is 0 Å². The number of benzene rings is 1. The van der Waals surface area contributed by atoms with Gasteiger partial charge in [0.25, 0.3) is 0 Å². The molecule has 2 N–H and O–H groups in total. The summed E-state index contributed by atoms with van der Waals surface area (Å²) in [6, 6.07) is 12.1. The van der Waals surface area contributed by atoms with Crippen molar-refractivity contribution >= 4 is 0 Å². The van der Waals surface area contributed by atoms with Gasteiger partial charge in [-0.15, -0.1) is 0 Å². The predicted octanol–water partition coefficient (Wildman–Crippen LogP) is 3.62. The smallest absolute Gasteiger partial charge is 0.191 e. The Morgan fingerprint density at radius 2 is 1.84 bits per heavy atom. The second-order valence-corrected chi connectivity index (χ2v) is 8.00. The van der Waals surface area contributed by atoms with E-state index in [1.165, 1.54) is 0 Å². The molecule has 0 unspecified atom stereocenters. The van der Waals surface area contributed by atoms with Gasteiger partial charge in [-0.1, -0.05) is 19.1 Å². The van der Waals surface area contributed by atoms with Crippen LogP contribution >= 0.6 is 0 Å². The molecule has 32 heavy (non-hydrogen) atoms. The third-order valence-electron chi connectivity index (χ3n) is 6.21. The van der Waals surface area contributed by atoms with Crippen molar-refractivity contribution in [2.75, 3.05) is 32.8 Å². The lowest BCUT2D eigenvalue weighted by Gasteiger charge is -2.45. The maximum Gasteiger partial charge on any atom is 0.191 e. The van der Waals surface area contributed by atoms with Gasteiger partial charge in [-0.05, 0) is 38.5 Å². The molecule has 7 heteroatoms. The van der Waals surface area contributed by atoms with Crippen molar-refractivity contribution in [2.45, 2.75) is 33.1 Å². The molecule has 0 bridgehead atoms. The Hall–Kier alpha value is -3.47. The first-order valence-electron chi connectivity index (χ1n) is 11.1. The minimum atomic E-state index is -1.68. The standard InChI is InChI=1S/C25H29N5O2/c1-4-10-30-11-9-18-20(13-26)24(29)25(15-27,16-28)23(21(18)14-30)19-8-7-17(31-5-2)12-22(19)32-6-3/h7-9,12,21,23H,4-6,10-11,14,29H2,1-3H3/t21-,23+/m0/s1. The molecule has 0 radical (unpaired) electrons. The number of hydrogen-bond acceptors (Lipinski definition) is 7. The molecule has 3 rings (SSSR count). The summed E-state index contributed by atoms with van der Waals surface area (Å²) in [6.45, 7) is 9.07. The van der Waals surface area contributed by atoms with Gasteiger partial charge in [0.05, 0.1) is 36.6 Å². The summed E-state index contributed by atoms with van der Waals surface area (Å²) in [4.78, 5) is 2.28. The lowest BCUT2D eigenvalue weighted by Crippen LogP contribution is -2.48. The van der Waals surface area contributed by atoms with E-state index in [1.54, 1.807) is 6.07 Å². The zero-order chi connectivity index (χ0) is 23.3. The predicted molar refractivity (Wildman–Crippen MR) is 120 cm³/mol. The van der Waals surface area contributed by atoms with Gasteiger partial charge in [-0.3, -0.25) is 4.90 Å². The van der Waals surface area contributed by atoms with E-state index in [0.29, 0.717) is 37.8 Å². The number of rotatable bonds is 7. The third kappa shape index (κ3) is 3.79. The van der Waals surface area contributed by atoms with Gasteiger partial charge >= 0.3 is 0 Å². The van der Waals surface area contributed by atoms with E-state index in [-0.39, 0.29) is 17.2 Å². The molecule has 1 aliphatic heterocycles. The summed E-state index contributed by atoms with van der Waals surface area (Å²) in [6.07, 6.45) is 3.01. The van der Waals surface area contributed by atoms with Crippen LogP contribution in [0.3, 0.4) is 0 Å². The molecule has 1 aromatic carbocycles. The topological polar surface area (TPSA) is 119 Å². The molecular formula is C25H29N5O2. The minimum Gasteiger partial charge on any atom is -0.494 e. The van der Waals surface area contributed by atoms with Crippen LogP contribution in [0.4, 0.5) is 0 Å². The molecule has 2 aliphatic rings. The molecule has 2 atom stereocenters. The average molecular weight is 432 g/mol. The summed E-state index contributed by atoms with van der Waals surface area (Å²) < 4.78 is 11.6. The summed E-state index contributed by atoms with van der Waals surface area (Å²) in [7, 11) is 0. The second-order valence-electron chi connectivity index (χ2n) is 8.00. The lowest BCUT2D eigenvalue weighted by atomic mass is 9.58. The zero-order valence-corrected chi connectivity index (χ0v) is 18.9. The molecule has 0 fully saturated rings. The van der Waals surface area contributed by atoms with Gasteiger partial charge in [0.2, 0.25) is 0 Å². The summed E-state index contributed by atoms with van der Waals surface area (Å²) >= 11 is 0. The van der Waals surface area contributed by atoms with Crippen LogP contribution < -0.4 is 15.2 Å². The highest BCUT2D eigenvalue weighted by Crippen LogP contribution is 2.56. The second kappa shape index (κ2) is 9.77. The highest BCUT2D eigenvalue weighted by Gasteiger charge is 2.55. The summed E-state index contributed by atoms with van der Waals surface area (Å²) in [5, 5.41) is 30.4. The first-order valence-corrected chi connectivity index (χ1v) is 11.1. The van der Waals surface area contributed by atoms with Crippen LogP contribution in [0.5, 0.6) is 11.5 Å². The maximum absolute atomic E-state index is 10.3. The van der Waals surface area contributed by atoms with E-state index < -0.39 is 11.3 Å². The van der Waals surface area contributed by atoms with Crippen molar-refractivity contribution in [2.24, 2.45) is 17.1 Å². The molecule has 7 nitrogen and oxygen atoms in total. The van der Waals surface area contributed by atoms with Gasteiger partial charge in [-0.2, -0.15) is 15.8 Å². The third-order valence-corrected chi connectivity index (χ3v) is 6.21. The van der Waals surface area contributed by atoms with Crippen molar-refractivity contribution in [3.8, 4) is 29.7 Å². The number of nitrogens with zero attached hydrogens (tertiary/aromatic N) is 4. The SMILES string of the molecule is CCCN1CC=C2C(C#N)=C(N)C(C#N)(C#N)[C@H](c3ccc(OCC)cc3OCC)[C@H]2C1. The monoisotopic (exact) mass is 431 g/mol. The molecule has 166 valence electrons. The number of nitrogens with two attached hydrogens (primary N) is 1. The Labute approximate surface area is 189 Å². The van der Waals surface area contributed by atoms with Crippen molar-refractivity contribution in [3.05, 3.63) is 46.7 Å². The Morgan fingerprint density at radius 1 is 1.12 bits per heavy atom. The number of allylic oxidation sites excluding steroid dienone is 2. The highest BCUT2D eigenvalue weighted by molar-refractivity contribution is 5.61. The molecular weight excluding hydrogens is 402 g/mol. The van der Waals surface area contributed by atoms with Gasteiger partial charge in [0.1, 0.15) is 17.6 Å². The molecule has 1 aliphatic carbocycles. The Balaban J connectivity index is 2.28. The van der Waals surface area contributed by atoms with E-state index in [2.05, 4.69) is 30.0 Å². The van der Waals surface area contributed by atoms with E-state index in [4.69, 9.17) is 15.2 Å². The van der Waals surface area contributed by atoms with Gasteiger partial charge in [-0.25, -0.2) is 0 Å². The number of fused-ring (bicyclic) bond motifs is 1. The van der Waals surface area contributed by atoms with Crippen molar-refractivity contribution in [1.29, 1.82) is 15.8 Å². The molecule has 1 aromatic rings. The van der Waals surface area contributed by atoms with Crippen LogP contribution in [0.1, 0.15) is 38.7 Å². The average Bonchev–Trinajstić information content (AvgIpc) is 2.80. The fourth-order valence-electron chi connectivity index (χ4n) is 4.89. The maximum atomic E-state index is 10.3. The minimum absolute atomic E-state index is 0.0257. The number of nitriles is 3. The van der Waals surface area contributed by atoms with E-state index in [9.17, 15) is 15.8 Å². The van der Waals surface area contributed by atoms with Crippen LogP contribution in [0.15, 0.2) is 41.1 Å². The Kier molecular flexibility index (Phi) is 7.08. The van der Waals surface area contributed by atoms with Crippen molar-refractivity contribution in [3.63, 3.8) is 0 Å². The van der Waals surface area contributed by atoms with Gasteiger partial charge in [0, 0.05) is 36.6 Å². The molecule has 1 heterocycles. The zero-order valence-electron chi connectivity index (χ0n) is 18.9. The Bertz CT molecular complexity index is 1040. The van der Waals surface area contributed by atoms with Gasteiger partial charge < -0.3 is 15.2 Å². The van der Waals surface area contributed by atoms with E-state index in [1.807, 2.05) is 32.1 Å². The fourth-order valence-corrected chi connectivity index (χ4v) is 4.89. The molecule has 0 saturated carbocycles. The first-order chi connectivity index (χ1) is 15.5. The van der Waals surface area contributed by atoms with Crippen LogP contribution in [0.25, 0.3) is 0 Å². The van der Waals surface area contributed by atoms with Crippen molar-refractivity contribution < 1.29 is 9.47 Å². The van der Waals surface area contributed by atoms with E-state index in [0.717, 1.165) is 24.1 Å². The first kappa shape index (κ1) is 23.2. The number of ether oxygens (including phenoxy) is 2. The normalized spacial score (nSPS) is 22.1. The largest absolute Gasteiger partial charge is 0.494 e. The van der Waals surface area contributed by atoms with Crippen LogP contribution in [-0.4, -0.2) is 37.7 Å². The molecule has 0 spiro atoms. The molecule has 0 amide bonds. The summed E-state index contributed by atoms with van der Waals surface area (Å²) in [5.41, 5.74) is 6.57. The van der Waals surface area contributed by atoms with Crippen LogP contribution in [0.2, 0.25) is 0 Å². The fraction of sp³-hybridized carbons (Fsp3) is 0.480. The quantitative estimate of drug-likeness (QED) is 0.700. The van der Waals surface area contributed by atoms with Gasteiger partial charge in [0.15, 0.2) is 5.41 Å².